The van der Waals surface area contributed by atoms with Crippen LogP contribution in [-0.2, 0) is 47.6 Å². The molecule has 12 heteroatoms. The van der Waals surface area contributed by atoms with Crippen LogP contribution in [0.1, 0.15) is 67.9 Å². The molecule has 1 heterocycles. The van der Waals surface area contributed by atoms with Gasteiger partial charge in [0.2, 0.25) is 0 Å². The molecule has 2 rings (SSSR count). The zero-order chi connectivity index (χ0) is 33.8. The summed E-state index contributed by atoms with van der Waals surface area (Å²) in [6.45, 7) is 22.6. The highest BCUT2D eigenvalue weighted by molar-refractivity contribution is 7.47. The summed E-state index contributed by atoms with van der Waals surface area (Å²) in [6.07, 6.45) is 0. The average Bonchev–Trinajstić information content (AvgIpc) is 2.87. The molecule has 11 nitrogen and oxygen atoms in total. The second-order valence-corrected chi connectivity index (χ2v) is 14.8. The van der Waals surface area contributed by atoms with E-state index in [0.717, 1.165) is 11.3 Å². The summed E-state index contributed by atoms with van der Waals surface area (Å²) in [5.74, 6) is -0.883. The van der Waals surface area contributed by atoms with Gasteiger partial charge in [-0.2, -0.15) is 4.36 Å². The van der Waals surface area contributed by atoms with E-state index in [4.69, 9.17) is 26.6 Å². The molecule has 1 aliphatic rings. The molecule has 1 saturated heterocycles. The number of benzene rings is 1. The summed E-state index contributed by atoms with van der Waals surface area (Å²) in [5, 5.41) is 0. The minimum Gasteiger partial charge on any atom is -0.459 e. The maximum atomic E-state index is 12.9. The molecular formula is C33H55N5O6S. The summed E-state index contributed by atoms with van der Waals surface area (Å²) in [6, 6.07) is 7.85. The summed E-state index contributed by atoms with van der Waals surface area (Å²) in [4.78, 5) is 47.1. The first-order chi connectivity index (χ1) is 20.8. The fraction of sp³-hybridized carbons (Fsp3) is 0.727. The van der Waals surface area contributed by atoms with Gasteiger partial charge in [0.05, 0.1) is 25.3 Å². The van der Waals surface area contributed by atoms with E-state index in [2.05, 4.69) is 19.1 Å². The van der Waals surface area contributed by atoms with Crippen molar-refractivity contribution in [2.24, 2.45) is 4.36 Å². The van der Waals surface area contributed by atoms with Crippen molar-refractivity contribution in [3.8, 4) is 0 Å². The largest absolute Gasteiger partial charge is 0.459 e. The minimum atomic E-state index is -0.598. The Hall–Kier alpha value is -2.51. The number of carbonyl (C=O) groups is 3. The van der Waals surface area contributed by atoms with Crippen LogP contribution >= 0.6 is 0 Å². The molecule has 0 atom stereocenters. The predicted octanol–water partition coefficient (Wildman–Crippen LogP) is 3.80. The molecule has 0 aliphatic carbocycles. The highest BCUT2D eigenvalue weighted by Crippen LogP contribution is 2.15. The molecule has 254 valence electrons. The van der Waals surface area contributed by atoms with Gasteiger partial charge in [-0.1, -0.05) is 12.1 Å². The van der Waals surface area contributed by atoms with E-state index in [1.807, 2.05) is 91.5 Å². The lowest BCUT2D eigenvalue weighted by atomic mass is 10.2. The van der Waals surface area contributed by atoms with Crippen molar-refractivity contribution in [3.63, 3.8) is 0 Å². The third-order valence-electron chi connectivity index (χ3n) is 6.70. The van der Waals surface area contributed by atoms with Crippen LogP contribution in [0.2, 0.25) is 0 Å². The molecule has 0 saturated carbocycles. The summed E-state index contributed by atoms with van der Waals surface area (Å²) in [5.41, 5.74) is 0.0913. The van der Waals surface area contributed by atoms with Gasteiger partial charge in [-0.3, -0.25) is 34.0 Å². The van der Waals surface area contributed by atoms with E-state index in [1.165, 1.54) is 0 Å². The maximum Gasteiger partial charge on any atom is 0.320 e. The molecule has 0 spiro atoms. The Kier molecular flexibility index (Phi) is 15.0. The number of esters is 3. The number of rotatable bonds is 9. The Morgan fingerprint density at radius 1 is 0.578 bits per heavy atom. The Morgan fingerprint density at radius 2 is 0.867 bits per heavy atom. The summed E-state index contributed by atoms with van der Waals surface area (Å²) < 4.78 is 20.7. The van der Waals surface area contributed by atoms with Crippen LogP contribution in [0.5, 0.6) is 0 Å². The van der Waals surface area contributed by atoms with Crippen LogP contribution in [0.4, 0.5) is 5.69 Å². The zero-order valence-corrected chi connectivity index (χ0v) is 29.7. The van der Waals surface area contributed by atoms with E-state index in [1.54, 1.807) is 0 Å². The van der Waals surface area contributed by atoms with Crippen LogP contribution in [0, 0.1) is 0 Å². The molecule has 1 aromatic rings. The molecule has 0 amide bonds. The average molecular weight is 650 g/mol. The van der Waals surface area contributed by atoms with Crippen molar-refractivity contribution >= 4 is 36.0 Å². The van der Waals surface area contributed by atoms with E-state index < -0.39 is 16.8 Å². The second-order valence-electron chi connectivity index (χ2n) is 14.6. The van der Waals surface area contributed by atoms with Crippen LogP contribution < -0.4 is 0 Å². The topological polar surface area (TPSA) is 104 Å². The summed E-state index contributed by atoms with van der Waals surface area (Å²) >= 11 is 4.82. The van der Waals surface area contributed by atoms with Crippen LogP contribution in [0.3, 0.4) is 0 Å². The normalized spacial score (nSPS) is 17.5. The van der Waals surface area contributed by atoms with Gasteiger partial charge >= 0.3 is 17.9 Å². The fourth-order valence-corrected chi connectivity index (χ4v) is 4.92. The lowest BCUT2D eigenvalue weighted by Gasteiger charge is -2.34. The van der Waals surface area contributed by atoms with Crippen molar-refractivity contribution in [1.82, 2.24) is 19.6 Å². The van der Waals surface area contributed by atoms with Gasteiger partial charge in [0.15, 0.2) is 0 Å². The standard InChI is InChI=1S/C33H55N5O6S/c1-31(2,3)42-28(39)23-36-16-14-35(22-26-10-12-27(34-45)13-11-26)15-17-37(24-29(40)43-32(4,5)6)19-21-38(20-18-36)25-30(41)44-33(7,8)9/h10-13H,14-25H2,1-9H3. The van der Waals surface area contributed by atoms with Gasteiger partial charge in [0.1, 0.15) is 16.8 Å². The zero-order valence-electron chi connectivity index (χ0n) is 28.9. The maximum absolute atomic E-state index is 12.9. The van der Waals surface area contributed by atoms with E-state index in [9.17, 15) is 14.4 Å². The van der Waals surface area contributed by atoms with Gasteiger partial charge < -0.3 is 14.2 Å². The minimum absolute atomic E-state index is 0.108. The molecule has 0 N–H and O–H groups in total. The highest BCUT2D eigenvalue weighted by atomic mass is 32.1. The molecule has 1 aromatic carbocycles. The van der Waals surface area contributed by atoms with Crippen molar-refractivity contribution < 1.29 is 28.6 Å². The lowest BCUT2D eigenvalue weighted by molar-refractivity contribution is -0.158. The number of hydrogen-bond donors (Lipinski definition) is 0. The second kappa shape index (κ2) is 17.4. The molecule has 0 bridgehead atoms. The fourth-order valence-electron chi connectivity index (χ4n) is 4.80. The number of carbonyl (C=O) groups excluding carboxylic acids is 3. The first-order valence-corrected chi connectivity index (χ1v) is 16.1. The van der Waals surface area contributed by atoms with E-state index in [0.29, 0.717) is 58.9 Å². The van der Waals surface area contributed by atoms with Crippen molar-refractivity contribution in [3.05, 3.63) is 29.8 Å². The van der Waals surface area contributed by atoms with Crippen molar-refractivity contribution in [2.45, 2.75) is 85.7 Å². The molecule has 0 radical (unpaired) electrons. The van der Waals surface area contributed by atoms with Gasteiger partial charge in [-0.15, -0.1) is 0 Å². The molecule has 0 unspecified atom stereocenters. The molecule has 1 fully saturated rings. The predicted molar refractivity (Wildman–Crippen MR) is 178 cm³/mol. The Balaban J connectivity index is 2.30. The van der Waals surface area contributed by atoms with Gasteiger partial charge in [-0.25, -0.2) is 0 Å². The first-order valence-electron chi connectivity index (χ1n) is 15.8. The van der Waals surface area contributed by atoms with Gasteiger partial charge in [-0.05, 0) is 80.0 Å². The lowest BCUT2D eigenvalue weighted by Crippen LogP contribution is -2.49. The van der Waals surface area contributed by atoms with Crippen LogP contribution in [0.25, 0.3) is 0 Å². The summed E-state index contributed by atoms with van der Waals surface area (Å²) in [7, 11) is 0. The smallest absolute Gasteiger partial charge is 0.320 e. The van der Waals surface area contributed by atoms with Gasteiger partial charge in [0, 0.05) is 71.3 Å². The van der Waals surface area contributed by atoms with Crippen LogP contribution in [-0.4, -0.2) is 126 Å². The van der Waals surface area contributed by atoms with Crippen molar-refractivity contribution in [1.29, 1.82) is 0 Å². The monoisotopic (exact) mass is 649 g/mol. The SMILES string of the molecule is CC(C)(C)OC(=O)CN1CCN(CC(=O)OC(C)(C)C)CCN(Cc2ccc(N=S)cc2)CCN(CC(=O)OC(C)(C)C)CC1. The highest BCUT2D eigenvalue weighted by Gasteiger charge is 2.25. The first kappa shape index (κ1) is 38.7. The van der Waals surface area contributed by atoms with Crippen LogP contribution in [0.15, 0.2) is 28.6 Å². The Labute approximate surface area is 275 Å². The number of ether oxygens (including phenoxy) is 3. The third kappa shape index (κ3) is 17.7. The Bertz CT molecular complexity index is 1060. The number of hydrogen-bond acceptors (Lipinski definition) is 12. The van der Waals surface area contributed by atoms with Gasteiger partial charge in [0.25, 0.3) is 0 Å². The third-order valence-corrected chi connectivity index (χ3v) is 6.91. The Morgan fingerprint density at radius 3 is 1.13 bits per heavy atom. The van der Waals surface area contributed by atoms with Crippen molar-refractivity contribution in [2.75, 3.05) is 72.0 Å². The molecule has 45 heavy (non-hydrogen) atoms. The number of nitrogens with zero attached hydrogens (tertiary/aromatic N) is 5. The molecular weight excluding hydrogens is 594 g/mol. The molecule has 0 aromatic heterocycles. The van der Waals surface area contributed by atoms with E-state index >= 15 is 0 Å². The molecule has 1 aliphatic heterocycles. The quantitative estimate of drug-likeness (QED) is 0.288. The van der Waals surface area contributed by atoms with E-state index in [-0.39, 0.29) is 37.5 Å².